The fraction of sp³-hybridized carbons (Fsp3) is 0.688. The molecule has 0 amide bonds. The number of anilines is 1. The highest BCUT2D eigenvalue weighted by Crippen LogP contribution is 2.14. The predicted molar refractivity (Wildman–Crippen MR) is 79.6 cm³/mol. The van der Waals surface area contributed by atoms with Crippen LogP contribution in [-0.4, -0.2) is 4.98 Å². The summed E-state index contributed by atoms with van der Waals surface area (Å²) in [5.74, 6) is 0.706. The van der Waals surface area contributed by atoms with E-state index in [9.17, 15) is 0 Å². The third-order valence-corrected chi connectivity index (χ3v) is 3.48. The van der Waals surface area contributed by atoms with Crippen LogP contribution in [0, 0.1) is 0 Å². The molecule has 0 bridgehead atoms. The molecular formula is C16H28N2. The maximum absolute atomic E-state index is 5.82. The molecule has 0 aromatic carbocycles. The number of hydrogen-bond acceptors (Lipinski definition) is 2. The van der Waals surface area contributed by atoms with Crippen molar-refractivity contribution in [2.24, 2.45) is 0 Å². The molecule has 0 unspecified atom stereocenters. The standard InChI is InChI=1S/C16H28N2/c1-2-3-4-5-6-7-8-9-10-12-15-13-11-14-18-16(15)17/h11,13-14H,2-10,12H2,1H3,(H2,17,18). The molecule has 0 aliphatic carbocycles. The third kappa shape index (κ3) is 6.63. The normalized spacial score (nSPS) is 10.7. The van der Waals surface area contributed by atoms with Gasteiger partial charge in [0.2, 0.25) is 0 Å². The third-order valence-electron chi connectivity index (χ3n) is 3.48. The maximum Gasteiger partial charge on any atom is 0.126 e. The Morgan fingerprint density at radius 3 is 2.17 bits per heavy atom. The average Bonchev–Trinajstić information content (AvgIpc) is 2.39. The Labute approximate surface area is 112 Å². The first-order valence-electron chi connectivity index (χ1n) is 7.54. The van der Waals surface area contributed by atoms with Gasteiger partial charge in [-0.25, -0.2) is 4.98 Å². The van der Waals surface area contributed by atoms with Crippen molar-refractivity contribution < 1.29 is 0 Å². The fourth-order valence-electron chi connectivity index (χ4n) is 2.29. The van der Waals surface area contributed by atoms with Gasteiger partial charge in [-0.3, -0.25) is 0 Å². The lowest BCUT2D eigenvalue weighted by molar-refractivity contribution is 0.565. The SMILES string of the molecule is CCCCCCCCCCCc1cccnc1N. The lowest BCUT2D eigenvalue weighted by Gasteiger charge is -2.04. The average molecular weight is 248 g/mol. The molecule has 1 heterocycles. The number of pyridine rings is 1. The van der Waals surface area contributed by atoms with Crippen LogP contribution < -0.4 is 5.73 Å². The molecule has 1 aromatic heterocycles. The molecule has 0 fully saturated rings. The first-order valence-corrected chi connectivity index (χ1v) is 7.54. The Balaban J connectivity index is 1.94. The van der Waals surface area contributed by atoms with Gasteiger partial charge in [-0.2, -0.15) is 0 Å². The molecule has 0 atom stereocenters. The van der Waals surface area contributed by atoms with Gasteiger partial charge >= 0.3 is 0 Å². The number of unbranched alkanes of at least 4 members (excludes halogenated alkanes) is 8. The van der Waals surface area contributed by atoms with Crippen LogP contribution in [0.3, 0.4) is 0 Å². The van der Waals surface area contributed by atoms with Crippen LogP contribution in [0.5, 0.6) is 0 Å². The van der Waals surface area contributed by atoms with E-state index in [0.717, 1.165) is 6.42 Å². The molecule has 0 aliphatic heterocycles. The molecule has 0 spiro atoms. The highest BCUT2D eigenvalue weighted by atomic mass is 14.8. The van der Waals surface area contributed by atoms with E-state index >= 15 is 0 Å². The lowest BCUT2D eigenvalue weighted by atomic mass is 10.0. The number of aromatic nitrogens is 1. The van der Waals surface area contributed by atoms with E-state index in [1.807, 2.05) is 6.07 Å². The van der Waals surface area contributed by atoms with E-state index < -0.39 is 0 Å². The molecule has 1 aromatic rings. The number of hydrogen-bond donors (Lipinski definition) is 1. The molecule has 18 heavy (non-hydrogen) atoms. The van der Waals surface area contributed by atoms with Crippen LogP contribution in [0.15, 0.2) is 18.3 Å². The van der Waals surface area contributed by atoms with Crippen molar-refractivity contribution in [3.8, 4) is 0 Å². The molecule has 2 nitrogen and oxygen atoms in total. The second-order valence-electron chi connectivity index (χ2n) is 5.13. The van der Waals surface area contributed by atoms with Crippen LogP contribution in [0.25, 0.3) is 0 Å². The van der Waals surface area contributed by atoms with Gasteiger partial charge < -0.3 is 5.73 Å². The largest absolute Gasteiger partial charge is 0.383 e. The molecule has 0 radical (unpaired) electrons. The van der Waals surface area contributed by atoms with Crippen LogP contribution in [0.4, 0.5) is 5.82 Å². The lowest BCUT2D eigenvalue weighted by Crippen LogP contribution is -1.97. The first-order chi connectivity index (χ1) is 8.84. The first kappa shape index (κ1) is 15.0. The summed E-state index contributed by atoms with van der Waals surface area (Å²) < 4.78 is 0. The Morgan fingerprint density at radius 2 is 1.56 bits per heavy atom. The number of rotatable bonds is 10. The summed E-state index contributed by atoms with van der Waals surface area (Å²) in [6, 6.07) is 4.06. The van der Waals surface area contributed by atoms with Gasteiger partial charge in [0.05, 0.1) is 0 Å². The Hall–Kier alpha value is -1.05. The van der Waals surface area contributed by atoms with Crippen molar-refractivity contribution in [1.82, 2.24) is 4.98 Å². The Kier molecular flexibility index (Phi) is 8.28. The van der Waals surface area contributed by atoms with Crippen molar-refractivity contribution in [3.63, 3.8) is 0 Å². The zero-order chi connectivity index (χ0) is 13.1. The van der Waals surface area contributed by atoms with Crippen molar-refractivity contribution in [3.05, 3.63) is 23.9 Å². The summed E-state index contributed by atoms with van der Waals surface area (Å²) in [6.45, 7) is 2.27. The van der Waals surface area contributed by atoms with Gasteiger partial charge in [-0.15, -0.1) is 0 Å². The zero-order valence-corrected chi connectivity index (χ0v) is 11.8. The van der Waals surface area contributed by atoms with Gasteiger partial charge in [-0.05, 0) is 24.5 Å². The van der Waals surface area contributed by atoms with E-state index in [1.54, 1.807) is 6.20 Å². The summed E-state index contributed by atoms with van der Waals surface area (Å²) in [5.41, 5.74) is 7.03. The van der Waals surface area contributed by atoms with Gasteiger partial charge in [0.15, 0.2) is 0 Å². The molecular weight excluding hydrogens is 220 g/mol. The van der Waals surface area contributed by atoms with Crippen molar-refractivity contribution in [1.29, 1.82) is 0 Å². The van der Waals surface area contributed by atoms with Gasteiger partial charge in [-0.1, -0.05) is 64.4 Å². The van der Waals surface area contributed by atoms with E-state index in [-0.39, 0.29) is 0 Å². The quantitative estimate of drug-likeness (QED) is 0.607. The van der Waals surface area contributed by atoms with Crippen LogP contribution in [0.2, 0.25) is 0 Å². The van der Waals surface area contributed by atoms with Crippen LogP contribution >= 0.6 is 0 Å². The summed E-state index contributed by atoms with van der Waals surface area (Å²) >= 11 is 0. The molecule has 0 aliphatic rings. The van der Waals surface area contributed by atoms with E-state index in [4.69, 9.17) is 5.73 Å². The fourth-order valence-corrected chi connectivity index (χ4v) is 2.29. The second-order valence-corrected chi connectivity index (χ2v) is 5.13. The minimum Gasteiger partial charge on any atom is -0.383 e. The predicted octanol–water partition coefficient (Wildman–Crippen LogP) is 4.74. The van der Waals surface area contributed by atoms with Gasteiger partial charge in [0.1, 0.15) is 5.82 Å². The van der Waals surface area contributed by atoms with E-state index in [2.05, 4.69) is 18.0 Å². The van der Waals surface area contributed by atoms with Gasteiger partial charge in [0, 0.05) is 6.20 Å². The zero-order valence-electron chi connectivity index (χ0n) is 11.8. The van der Waals surface area contributed by atoms with Crippen LogP contribution in [-0.2, 0) is 6.42 Å². The van der Waals surface area contributed by atoms with Crippen molar-refractivity contribution in [2.45, 2.75) is 71.1 Å². The summed E-state index contributed by atoms with van der Waals surface area (Å²) in [4.78, 5) is 4.11. The minimum absolute atomic E-state index is 0.706. The smallest absolute Gasteiger partial charge is 0.126 e. The number of nitrogens with zero attached hydrogens (tertiary/aromatic N) is 1. The van der Waals surface area contributed by atoms with Crippen molar-refractivity contribution >= 4 is 5.82 Å². The topological polar surface area (TPSA) is 38.9 Å². The molecule has 1 rings (SSSR count). The maximum atomic E-state index is 5.82. The van der Waals surface area contributed by atoms with Gasteiger partial charge in [0.25, 0.3) is 0 Å². The van der Waals surface area contributed by atoms with Crippen molar-refractivity contribution in [2.75, 3.05) is 5.73 Å². The molecule has 2 heteroatoms. The Bertz CT molecular complexity index is 310. The summed E-state index contributed by atoms with van der Waals surface area (Å²) in [5, 5.41) is 0. The number of aryl methyl sites for hydroxylation is 1. The van der Waals surface area contributed by atoms with Crippen LogP contribution in [0.1, 0.15) is 70.3 Å². The Morgan fingerprint density at radius 1 is 0.944 bits per heavy atom. The minimum atomic E-state index is 0.706. The number of nitrogen functional groups attached to an aromatic ring is 1. The second kappa shape index (κ2) is 9.93. The summed E-state index contributed by atoms with van der Waals surface area (Å²) in [7, 11) is 0. The monoisotopic (exact) mass is 248 g/mol. The van der Waals surface area contributed by atoms with E-state index in [1.165, 1.54) is 63.4 Å². The molecule has 102 valence electrons. The highest BCUT2D eigenvalue weighted by molar-refractivity contribution is 5.38. The number of nitrogens with two attached hydrogens (primary N) is 1. The highest BCUT2D eigenvalue weighted by Gasteiger charge is 1.98. The molecule has 0 saturated heterocycles. The van der Waals surface area contributed by atoms with E-state index in [0.29, 0.717) is 5.82 Å². The molecule has 2 N–H and O–H groups in total. The molecule has 0 saturated carbocycles. The summed E-state index contributed by atoms with van der Waals surface area (Å²) in [6.07, 6.45) is 15.2.